The average Bonchev–Trinajstić information content (AvgIpc) is 3.68. The van der Waals surface area contributed by atoms with E-state index in [9.17, 15) is 14.7 Å². The van der Waals surface area contributed by atoms with E-state index in [2.05, 4.69) is 26.8 Å². The summed E-state index contributed by atoms with van der Waals surface area (Å²) in [4.78, 5) is 49.2. The zero-order valence-electron chi connectivity index (χ0n) is 33.8. The van der Waals surface area contributed by atoms with Gasteiger partial charge in [0.05, 0.1) is 50.2 Å². The molecule has 1 fully saturated rings. The van der Waals surface area contributed by atoms with Crippen LogP contribution in [0.5, 0.6) is 11.5 Å². The van der Waals surface area contributed by atoms with Crippen molar-refractivity contribution >= 4 is 34.8 Å². The van der Waals surface area contributed by atoms with Crippen LogP contribution in [0, 0.1) is 11.8 Å². The standard InChI is InChI=1S/C49H49N3O7/c1-31-46(48(2,3)35-18-21-38(57-4)22-19-35)43(26-44(54)50-28-34-15-9-8-14-33(34)24-37(50)29-53)59-49(31)39-25-36(52-41-16-10-11-17-42(41)58-30-45(52)55)20-23-40(39)51(47(49)56)27-32-12-6-5-7-13-32/h5-23,25,31,37,43,46,53H,24,26-30H2,1-4H3/t31-,37+,43+,46-,49+/m1/s1. The lowest BCUT2D eigenvalue weighted by atomic mass is 9.63. The van der Waals surface area contributed by atoms with Crippen molar-refractivity contribution in [3.05, 3.63) is 149 Å². The third-order valence-corrected chi connectivity index (χ3v) is 13.2. The molecule has 10 heteroatoms. The third-order valence-electron chi connectivity index (χ3n) is 13.2. The molecular formula is C49H49N3O7. The molecule has 9 rings (SSSR count). The molecule has 0 aliphatic carbocycles. The molecule has 1 spiro atoms. The molecule has 0 bridgehead atoms. The summed E-state index contributed by atoms with van der Waals surface area (Å²) in [6.07, 6.45) is -0.142. The number of ether oxygens (including phenoxy) is 3. The van der Waals surface area contributed by atoms with Gasteiger partial charge in [-0.1, -0.05) is 99.6 Å². The molecule has 1 N–H and O–H groups in total. The fraction of sp³-hybridized carbons (Fsp3) is 0.327. The molecule has 3 amide bonds. The van der Waals surface area contributed by atoms with E-state index < -0.39 is 23.0 Å². The van der Waals surface area contributed by atoms with Gasteiger partial charge < -0.3 is 29.1 Å². The van der Waals surface area contributed by atoms with E-state index in [1.807, 2.05) is 115 Å². The molecule has 0 aromatic heterocycles. The van der Waals surface area contributed by atoms with Crippen LogP contribution in [0.2, 0.25) is 0 Å². The number of anilines is 3. The highest BCUT2D eigenvalue weighted by molar-refractivity contribution is 6.09. The van der Waals surface area contributed by atoms with Crippen molar-refractivity contribution < 1.29 is 33.7 Å². The maximum absolute atomic E-state index is 15.6. The predicted molar refractivity (Wildman–Crippen MR) is 225 cm³/mol. The molecule has 4 aliphatic rings. The van der Waals surface area contributed by atoms with Gasteiger partial charge in [0.2, 0.25) is 5.91 Å². The van der Waals surface area contributed by atoms with Gasteiger partial charge in [-0.3, -0.25) is 19.3 Å². The number of benzene rings is 5. The smallest absolute Gasteiger partial charge is 0.269 e. The minimum Gasteiger partial charge on any atom is -0.497 e. The Hall–Kier alpha value is -5.97. The largest absolute Gasteiger partial charge is 0.497 e. The summed E-state index contributed by atoms with van der Waals surface area (Å²) in [5, 5.41) is 10.6. The lowest BCUT2D eigenvalue weighted by Crippen LogP contribution is -2.48. The fourth-order valence-electron chi connectivity index (χ4n) is 10.3. The predicted octanol–water partition coefficient (Wildman–Crippen LogP) is 7.46. The summed E-state index contributed by atoms with van der Waals surface area (Å²) in [5.41, 5.74) is 4.62. The number of rotatable bonds is 9. The summed E-state index contributed by atoms with van der Waals surface area (Å²) < 4.78 is 18.7. The van der Waals surface area contributed by atoms with Crippen LogP contribution >= 0.6 is 0 Å². The van der Waals surface area contributed by atoms with Gasteiger partial charge in [-0.2, -0.15) is 0 Å². The van der Waals surface area contributed by atoms with Crippen molar-refractivity contribution in [1.29, 1.82) is 0 Å². The number of carbonyl (C=O) groups is 3. The molecule has 0 saturated carbocycles. The van der Waals surface area contributed by atoms with Gasteiger partial charge in [0.1, 0.15) is 11.5 Å². The number of aliphatic hydroxyl groups is 1. The van der Waals surface area contributed by atoms with Crippen LogP contribution in [0.1, 0.15) is 55.0 Å². The second kappa shape index (κ2) is 15.0. The minimum atomic E-state index is -1.50. The topological polar surface area (TPSA) is 109 Å². The molecule has 10 nitrogen and oxygen atoms in total. The van der Waals surface area contributed by atoms with Gasteiger partial charge in [-0.05, 0) is 76.6 Å². The highest BCUT2D eigenvalue weighted by atomic mass is 16.5. The van der Waals surface area contributed by atoms with E-state index in [-0.39, 0.29) is 49.3 Å². The number of nitrogens with zero attached hydrogens (tertiary/aromatic N) is 3. The summed E-state index contributed by atoms with van der Waals surface area (Å²) in [5.74, 6) is -0.0367. The van der Waals surface area contributed by atoms with Crippen molar-refractivity contribution in [3.63, 3.8) is 0 Å². The van der Waals surface area contributed by atoms with E-state index in [1.165, 1.54) is 0 Å². The van der Waals surface area contributed by atoms with E-state index in [0.717, 1.165) is 28.0 Å². The maximum atomic E-state index is 15.6. The van der Waals surface area contributed by atoms with E-state index in [1.54, 1.807) is 21.8 Å². The van der Waals surface area contributed by atoms with Gasteiger partial charge in [0.25, 0.3) is 11.8 Å². The normalized spacial score (nSPS) is 23.5. The first-order chi connectivity index (χ1) is 28.5. The maximum Gasteiger partial charge on any atom is 0.269 e. The number of amides is 3. The monoisotopic (exact) mass is 791 g/mol. The lowest BCUT2D eigenvalue weighted by Gasteiger charge is -2.40. The Bertz CT molecular complexity index is 2420. The van der Waals surface area contributed by atoms with Gasteiger partial charge in [0, 0.05) is 29.6 Å². The lowest BCUT2D eigenvalue weighted by molar-refractivity contribution is -0.151. The van der Waals surface area contributed by atoms with Crippen LogP contribution in [-0.4, -0.2) is 60.2 Å². The first-order valence-corrected chi connectivity index (χ1v) is 20.4. The first-order valence-electron chi connectivity index (χ1n) is 20.4. The summed E-state index contributed by atoms with van der Waals surface area (Å²) in [7, 11) is 1.64. The summed E-state index contributed by atoms with van der Waals surface area (Å²) in [6, 6.07) is 38.7. The Morgan fingerprint density at radius 2 is 1.59 bits per heavy atom. The molecule has 5 atom stereocenters. The minimum absolute atomic E-state index is 0.00528. The van der Waals surface area contributed by atoms with Crippen molar-refractivity contribution in [2.24, 2.45) is 11.8 Å². The Kier molecular flexibility index (Phi) is 9.80. The quantitative estimate of drug-likeness (QED) is 0.165. The number of hydrogen-bond donors (Lipinski definition) is 1. The number of aliphatic hydroxyl groups excluding tert-OH is 1. The molecule has 0 unspecified atom stereocenters. The zero-order chi connectivity index (χ0) is 41.1. The van der Waals surface area contributed by atoms with E-state index >= 15 is 4.79 Å². The van der Waals surface area contributed by atoms with Crippen molar-refractivity contribution in [1.82, 2.24) is 4.90 Å². The van der Waals surface area contributed by atoms with E-state index in [0.29, 0.717) is 47.9 Å². The average molecular weight is 792 g/mol. The molecule has 1 saturated heterocycles. The highest BCUT2D eigenvalue weighted by Crippen LogP contribution is 2.60. The molecular weight excluding hydrogens is 743 g/mol. The Morgan fingerprint density at radius 3 is 2.34 bits per heavy atom. The Balaban J connectivity index is 1.18. The van der Waals surface area contributed by atoms with E-state index in [4.69, 9.17) is 14.2 Å². The summed E-state index contributed by atoms with van der Waals surface area (Å²) >= 11 is 0. The number of carbonyl (C=O) groups excluding carboxylic acids is 3. The van der Waals surface area contributed by atoms with Crippen molar-refractivity contribution in [3.8, 4) is 11.5 Å². The zero-order valence-corrected chi connectivity index (χ0v) is 33.8. The molecule has 4 heterocycles. The molecule has 59 heavy (non-hydrogen) atoms. The van der Waals surface area contributed by atoms with Gasteiger partial charge in [0.15, 0.2) is 12.2 Å². The van der Waals surface area contributed by atoms with Crippen molar-refractivity contribution in [2.45, 2.75) is 69.9 Å². The van der Waals surface area contributed by atoms with Crippen LogP contribution in [0.3, 0.4) is 0 Å². The second-order valence-electron chi connectivity index (χ2n) is 16.8. The number of fused-ring (bicyclic) bond motifs is 4. The van der Waals surface area contributed by atoms with Crippen LogP contribution < -0.4 is 19.3 Å². The molecule has 0 radical (unpaired) electrons. The molecule has 4 aliphatic heterocycles. The van der Waals surface area contributed by atoms with Crippen LogP contribution in [0.4, 0.5) is 17.1 Å². The van der Waals surface area contributed by atoms with Crippen LogP contribution in [0.15, 0.2) is 121 Å². The summed E-state index contributed by atoms with van der Waals surface area (Å²) in [6.45, 7) is 6.79. The van der Waals surface area contributed by atoms with Gasteiger partial charge >= 0.3 is 0 Å². The third kappa shape index (κ3) is 6.37. The number of methoxy groups -OCH3 is 1. The van der Waals surface area contributed by atoms with Gasteiger partial charge in [-0.25, -0.2) is 0 Å². The molecule has 302 valence electrons. The molecule has 5 aromatic carbocycles. The number of para-hydroxylation sites is 2. The van der Waals surface area contributed by atoms with Crippen LogP contribution in [0.25, 0.3) is 0 Å². The molecule has 5 aromatic rings. The van der Waals surface area contributed by atoms with Gasteiger partial charge in [-0.15, -0.1) is 0 Å². The number of hydrogen-bond acceptors (Lipinski definition) is 7. The van der Waals surface area contributed by atoms with Crippen molar-refractivity contribution in [2.75, 3.05) is 30.1 Å². The SMILES string of the molecule is COc1ccc(C(C)(C)[C@H]2[C@H](CC(=O)N3Cc4ccccc4C[C@H]3CO)O[C@@]3(C(=O)N(Cc4ccccc4)c4ccc(N5C(=O)COc6ccccc65)cc43)[C@@H]2C)cc1. The first kappa shape index (κ1) is 38.5. The second-order valence-corrected chi connectivity index (χ2v) is 16.8. The Morgan fingerprint density at radius 1 is 0.881 bits per heavy atom. The van der Waals surface area contributed by atoms with Crippen LogP contribution in [-0.2, 0) is 49.6 Å². The highest BCUT2D eigenvalue weighted by Gasteiger charge is 2.66. The Labute approximate surface area is 344 Å². The fourth-order valence-corrected chi connectivity index (χ4v) is 10.3.